The van der Waals surface area contributed by atoms with Crippen LogP contribution in [0.15, 0.2) is 29.0 Å². The zero-order valence-corrected chi connectivity index (χ0v) is 12.6. The molecule has 6 heteroatoms. The van der Waals surface area contributed by atoms with Crippen LogP contribution in [0.25, 0.3) is 0 Å². The van der Waals surface area contributed by atoms with Crippen LogP contribution >= 0.6 is 15.9 Å². The Labute approximate surface area is 120 Å². The van der Waals surface area contributed by atoms with Crippen LogP contribution in [0.3, 0.4) is 0 Å². The summed E-state index contributed by atoms with van der Waals surface area (Å²) in [5, 5.41) is 10.7. The van der Waals surface area contributed by atoms with Crippen molar-refractivity contribution in [3.8, 4) is 0 Å². The van der Waals surface area contributed by atoms with Gasteiger partial charge in [0.2, 0.25) is 0 Å². The summed E-state index contributed by atoms with van der Waals surface area (Å²) in [6, 6.07) is 5.37. The molecule has 1 N–H and O–H groups in total. The maximum atomic E-state index is 12.2. The topological polar surface area (TPSA) is 59.8 Å². The molecule has 1 amide bonds. The fourth-order valence-electron chi connectivity index (χ4n) is 1.88. The van der Waals surface area contributed by atoms with Crippen molar-refractivity contribution in [3.63, 3.8) is 0 Å². The van der Waals surface area contributed by atoms with Crippen LogP contribution in [0.4, 0.5) is 0 Å². The summed E-state index contributed by atoms with van der Waals surface area (Å²) in [4.78, 5) is 12.2. The van der Waals surface area contributed by atoms with Gasteiger partial charge in [-0.15, -0.1) is 10.2 Å². The number of halogens is 1. The number of carbonyl (C=O) groups excluding carboxylic acids is 1. The maximum absolute atomic E-state index is 12.2. The summed E-state index contributed by atoms with van der Waals surface area (Å²) < 4.78 is 2.71. The van der Waals surface area contributed by atoms with Gasteiger partial charge in [-0.1, -0.05) is 22.0 Å². The predicted octanol–water partition coefficient (Wildman–Crippen LogP) is 2.38. The van der Waals surface area contributed by atoms with Crippen molar-refractivity contribution in [3.05, 3.63) is 46.0 Å². The zero-order chi connectivity index (χ0) is 14.0. The van der Waals surface area contributed by atoms with Gasteiger partial charge in [-0.05, 0) is 31.5 Å². The molecule has 0 fully saturated rings. The Kier molecular flexibility index (Phi) is 3.99. The van der Waals surface area contributed by atoms with E-state index in [2.05, 4.69) is 31.4 Å². The molecule has 0 aliphatic rings. The lowest BCUT2D eigenvalue weighted by Gasteiger charge is -2.14. The minimum absolute atomic E-state index is 0.116. The average Bonchev–Trinajstić information content (AvgIpc) is 2.79. The lowest BCUT2D eigenvalue weighted by Crippen LogP contribution is -2.29. The number of amides is 1. The molecule has 0 spiro atoms. The van der Waals surface area contributed by atoms with E-state index >= 15 is 0 Å². The molecule has 0 saturated heterocycles. The standard InChI is InChI=1S/C13H15BrN4O/c1-8-10(5-4-6-11(8)14)13(19)16-9(2)12-17-15-7-18(12)3/h4-7,9H,1-3H3,(H,16,19). The molecular formula is C13H15BrN4O. The summed E-state index contributed by atoms with van der Waals surface area (Å²) in [7, 11) is 1.85. The van der Waals surface area contributed by atoms with Gasteiger partial charge in [-0.2, -0.15) is 0 Å². The number of carbonyl (C=O) groups is 1. The number of nitrogens with one attached hydrogen (secondary N) is 1. The molecule has 0 saturated carbocycles. The van der Waals surface area contributed by atoms with E-state index in [0.717, 1.165) is 15.9 Å². The molecule has 0 aliphatic heterocycles. The molecule has 19 heavy (non-hydrogen) atoms. The zero-order valence-electron chi connectivity index (χ0n) is 11.0. The van der Waals surface area contributed by atoms with Crippen molar-refractivity contribution in [2.75, 3.05) is 0 Å². The lowest BCUT2D eigenvalue weighted by molar-refractivity contribution is 0.0937. The Morgan fingerprint density at radius 1 is 1.47 bits per heavy atom. The second-order valence-corrected chi connectivity index (χ2v) is 5.26. The van der Waals surface area contributed by atoms with E-state index in [-0.39, 0.29) is 11.9 Å². The molecule has 0 aliphatic carbocycles. The number of aromatic nitrogens is 3. The third-order valence-electron chi connectivity index (χ3n) is 2.99. The molecule has 1 heterocycles. The SMILES string of the molecule is Cc1c(Br)cccc1C(=O)NC(C)c1nncn1C. The van der Waals surface area contributed by atoms with Crippen LogP contribution in [0.2, 0.25) is 0 Å². The highest BCUT2D eigenvalue weighted by Crippen LogP contribution is 2.20. The second-order valence-electron chi connectivity index (χ2n) is 4.41. The molecule has 2 aromatic rings. The molecule has 1 aromatic heterocycles. The first-order chi connectivity index (χ1) is 9.00. The summed E-state index contributed by atoms with van der Waals surface area (Å²) in [5.74, 6) is 0.607. The lowest BCUT2D eigenvalue weighted by atomic mass is 10.1. The molecule has 1 atom stereocenters. The Morgan fingerprint density at radius 2 is 2.21 bits per heavy atom. The van der Waals surface area contributed by atoms with Gasteiger partial charge < -0.3 is 9.88 Å². The third-order valence-corrected chi connectivity index (χ3v) is 3.85. The maximum Gasteiger partial charge on any atom is 0.252 e. The Bertz CT molecular complexity index is 608. The van der Waals surface area contributed by atoms with Crippen molar-refractivity contribution < 1.29 is 4.79 Å². The number of rotatable bonds is 3. The van der Waals surface area contributed by atoms with E-state index in [4.69, 9.17) is 0 Å². The van der Waals surface area contributed by atoms with Crippen LogP contribution in [-0.4, -0.2) is 20.7 Å². The molecular weight excluding hydrogens is 308 g/mol. The van der Waals surface area contributed by atoms with Crippen molar-refractivity contribution in [2.45, 2.75) is 19.9 Å². The first-order valence-corrected chi connectivity index (χ1v) is 6.70. The fourth-order valence-corrected chi connectivity index (χ4v) is 2.24. The third kappa shape index (κ3) is 2.84. The summed E-state index contributed by atoms with van der Waals surface area (Å²) in [6.45, 7) is 3.79. The van der Waals surface area contributed by atoms with E-state index in [0.29, 0.717) is 5.56 Å². The van der Waals surface area contributed by atoms with Gasteiger partial charge in [0.25, 0.3) is 5.91 Å². The van der Waals surface area contributed by atoms with E-state index in [1.807, 2.05) is 33.0 Å². The smallest absolute Gasteiger partial charge is 0.252 e. The first kappa shape index (κ1) is 13.7. The molecule has 2 rings (SSSR count). The quantitative estimate of drug-likeness (QED) is 0.943. The van der Waals surface area contributed by atoms with Gasteiger partial charge in [-0.25, -0.2) is 0 Å². The van der Waals surface area contributed by atoms with Crippen LogP contribution in [-0.2, 0) is 7.05 Å². The van der Waals surface area contributed by atoms with Gasteiger partial charge in [0.1, 0.15) is 6.33 Å². The average molecular weight is 323 g/mol. The van der Waals surface area contributed by atoms with E-state index in [1.54, 1.807) is 17.0 Å². The minimum Gasteiger partial charge on any atom is -0.342 e. The summed E-state index contributed by atoms with van der Waals surface area (Å²) >= 11 is 3.42. The van der Waals surface area contributed by atoms with Crippen molar-refractivity contribution >= 4 is 21.8 Å². The number of nitrogens with zero attached hydrogens (tertiary/aromatic N) is 3. The largest absolute Gasteiger partial charge is 0.342 e. The molecule has 1 aromatic carbocycles. The minimum atomic E-state index is -0.196. The molecule has 1 unspecified atom stereocenters. The van der Waals surface area contributed by atoms with Crippen molar-refractivity contribution in [2.24, 2.45) is 7.05 Å². The van der Waals surface area contributed by atoms with Crippen LogP contribution in [0.5, 0.6) is 0 Å². The van der Waals surface area contributed by atoms with Gasteiger partial charge in [0.05, 0.1) is 6.04 Å². The Balaban J connectivity index is 2.18. The van der Waals surface area contributed by atoms with E-state index in [1.165, 1.54) is 0 Å². The van der Waals surface area contributed by atoms with Crippen LogP contribution in [0.1, 0.15) is 34.7 Å². The molecule has 0 bridgehead atoms. The van der Waals surface area contributed by atoms with Gasteiger partial charge >= 0.3 is 0 Å². The first-order valence-electron chi connectivity index (χ1n) is 5.90. The number of hydrogen-bond donors (Lipinski definition) is 1. The molecule has 5 nitrogen and oxygen atoms in total. The second kappa shape index (κ2) is 5.52. The predicted molar refractivity (Wildman–Crippen MR) is 75.8 cm³/mol. The van der Waals surface area contributed by atoms with Gasteiger partial charge in [-0.3, -0.25) is 4.79 Å². The highest BCUT2D eigenvalue weighted by Gasteiger charge is 2.17. The molecule has 0 radical (unpaired) electrons. The Morgan fingerprint density at radius 3 is 2.84 bits per heavy atom. The number of benzene rings is 1. The van der Waals surface area contributed by atoms with Crippen molar-refractivity contribution in [1.82, 2.24) is 20.1 Å². The number of aryl methyl sites for hydroxylation is 1. The van der Waals surface area contributed by atoms with Crippen molar-refractivity contribution in [1.29, 1.82) is 0 Å². The van der Waals surface area contributed by atoms with Crippen LogP contribution in [0, 0.1) is 6.92 Å². The van der Waals surface area contributed by atoms with Gasteiger partial charge in [0.15, 0.2) is 5.82 Å². The Hall–Kier alpha value is -1.69. The fraction of sp³-hybridized carbons (Fsp3) is 0.308. The summed E-state index contributed by atoms with van der Waals surface area (Å²) in [5.41, 5.74) is 1.58. The number of hydrogen-bond acceptors (Lipinski definition) is 3. The summed E-state index contributed by atoms with van der Waals surface area (Å²) in [6.07, 6.45) is 1.61. The van der Waals surface area contributed by atoms with E-state index < -0.39 is 0 Å². The normalized spacial score (nSPS) is 12.2. The highest BCUT2D eigenvalue weighted by molar-refractivity contribution is 9.10. The molecule has 100 valence electrons. The van der Waals surface area contributed by atoms with Gasteiger partial charge in [0, 0.05) is 17.1 Å². The monoisotopic (exact) mass is 322 g/mol. The van der Waals surface area contributed by atoms with E-state index in [9.17, 15) is 4.79 Å². The highest BCUT2D eigenvalue weighted by atomic mass is 79.9. The van der Waals surface area contributed by atoms with Crippen LogP contribution < -0.4 is 5.32 Å².